The number of hydrogen-bond acceptors (Lipinski definition) is 4. The van der Waals surface area contributed by atoms with Crippen LogP contribution in [-0.2, 0) is 10.0 Å². The Hall–Kier alpha value is -0.920. The number of sulfonamides is 1. The second-order valence-corrected chi connectivity index (χ2v) is 6.45. The van der Waals surface area contributed by atoms with E-state index in [1.165, 1.54) is 12.3 Å². The van der Waals surface area contributed by atoms with Crippen molar-refractivity contribution in [1.29, 1.82) is 0 Å². The molecule has 1 aromatic rings. The Morgan fingerprint density at radius 2 is 2.24 bits per heavy atom. The second-order valence-electron chi connectivity index (χ2n) is 4.72. The standard InChI is InChI=1S/C10H18N4O2S/c1-14(2)10(5-3-6-10)8-12-17(15,16)9-4-7-11-13-9/h4,7,12H,3,5-6,8H2,1-2H3,(H,11,13). The van der Waals surface area contributed by atoms with Crippen molar-refractivity contribution in [2.45, 2.75) is 29.8 Å². The van der Waals surface area contributed by atoms with Gasteiger partial charge in [0.2, 0.25) is 0 Å². The van der Waals surface area contributed by atoms with Gasteiger partial charge in [0.1, 0.15) is 0 Å². The van der Waals surface area contributed by atoms with Crippen LogP contribution in [0.5, 0.6) is 0 Å². The van der Waals surface area contributed by atoms with Crippen LogP contribution in [0.3, 0.4) is 0 Å². The van der Waals surface area contributed by atoms with Crippen molar-refractivity contribution >= 4 is 10.0 Å². The van der Waals surface area contributed by atoms with Crippen LogP contribution in [0.1, 0.15) is 19.3 Å². The van der Waals surface area contributed by atoms with Crippen LogP contribution in [0, 0.1) is 0 Å². The van der Waals surface area contributed by atoms with E-state index in [4.69, 9.17) is 0 Å². The van der Waals surface area contributed by atoms with Crippen LogP contribution in [0.2, 0.25) is 0 Å². The summed E-state index contributed by atoms with van der Waals surface area (Å²) < 4.78 is 26.4. The number of aromatic nitrogens is 2. The summed E-state index contributed by atoms with van der Waals surface area (Å²) in [6.07, 6.45) is 4.65. The summed E-state index contributed by atoms with van der Waals surface area (Å²) in [5.74, 6) is 0. The van der Waals surface area contributed by atoms with E-state index in [0.29, 0.717) is 6.54 Å². The number of rotatable bonds is 5. The smallest absolute Gasteiger partial charge is 0.257 e. The van der Waals surface area contributed by atoms with Gasteiger partial charge in [0.05, 0.1) is 6.20 Å². The van der Waals surface area contributed by atoms with Crippen molar-refractivity contribution < 1.29 is 8.42 Å². The van der Waals surface area contributed by atoms with E-state index in [2.05, 4.69) is 19.8 Å². The molecule has 6 nitrogen and oxygen atoms in total. The van der Waals surface area contributed by atoms with Crippen LogP contribution in [-0.4, -0.2) is 49.7 Å². The van der Waals surface area contributed by atoms with E-state index >= 15 is 0 Å². The van der Waals surface area contributed by atoms with Gasteiger partial charge >= 0.3 is 0 Å². The first-order valence-corrected chi connectivity index (χ1v) is 7.11. The van der Waals surface area contributed by atoms with Gasteiger partial charge in [-0.3, -0.25) is 5.10 Å². The molecule has 1 aliphatic rings. The van der Waals surface area contributed by atoms with Crippen LogP contribution in [0.25, 0.3) is 0 Å². The maximum absolute atomic E-state index is 11.9. The number of H-pyrrole nitrogens is 1. The number of nitrogens with zero attached hydrogens (tertiary/aromatic N) is 2. The lowest BCUT2D eigenvalue weighted by atomic mass is 9.76. The Morgan fingerprint density at radius 3 is 2.65 bits per heavy atom. The summed E-state index contributed by atoms with van der Waals surface area (Å²) >= 11 is 0. The molecule has 0 amide bonds. The lowest BCUT2D eigenvalue weighted by Crippen LogP contribution is -2.57. The maximum Gasteiger partial charge on any atom is 0.257 e. The van der Waals surface area contributed by atoms with Gasteiger partial charge in [0.25, 0.3) is 10.0 Å². The van der Waals surface area contributed by atoms with E-state index in [0.717, 1.165) is 19.3 Å². The average molecular weight is 258 g/mol. The summed E-state index contributed by atoms with van der Waals surface area (Å²) in [5, 5.41) is 6.23. The highest BCUT2D eigenvalue weighted by atomic mass is 32.2. The molecule has 0 bridgehead atoms. The monoisotopic (exact) mass is 258 g/mol. The van der Waals surface area contributed by atoms with E-state index in [9.17, 15) is 8.42 Å². The zero-order valence-corrected chi connectivity index (χ0v) is 10.9. The molecular formula is C10H18N4O2S. The predicted octanol–water partition coefficient (Wildman–Crippen LogP) is 0.172. The molecule has 0 aromatic carbocycles. The summed E-state index contributed by atoms with van der Waals surface area (Å²) in [7, 11) is 0.525. The number of hydrogen-bond donors (Lipinski definition) is 2. The van der Waals surface area contributed by atoms with Crippen molar-refractivity contribution in [3.05, 3.63) is 12.3 Å². The highest BCUT2D eigenvalue weighted by Crippen LogP contribution is 2.35. The van der Waals surface area contributed by atoms with Gasteiger partial charge in [0, 0.05) is 12.1 Å². The van der Waals surface area contributed by atoms with Crippen molar-refractivity contribution in [3.8, 4) is 0 Å². The minimum atomic E-state index is -3.45. The zero-order valence-electron chi connectivity index (χ0n) is 10.1. The quantitative estimate of drug-likeness (QED) is 0.789. The average Bonchev–Trinajstić information content (AvgIpc) is 2.68. The molecule has 0 saturated heterocycles. The molecule has 0 atom stereocenters. The highest BCUT2D eigenvalue weighted by Gasteiger charge is 2.39. The van der Waals surface area contributed by atoms with Gasteiger partial charge in [-0.05, 0) is 39.4 Å². The Morgan fingerprint density at radius 1 is 1.53 bits per heavy atom. The minimum absolute atomic E-state index is 0.0207. The molecule has 17 heavy (non-hydrogen) atoms. The summed E-state index contributed by atoms with van der Waals surface area (Å²) in [4.78, 5) is 2.10. The predicted molar refractivity (Wildman–Crippen MR) is 64.0 cm³/mol. The molecule has 0 unspecified atom stereocenters. The third kappa shape index (κ3) is 2.36. The Labute approximate surface area is 101 Å². The third-order valence-electron chi connectivity index (χ3n) is 3.59. The molecule has 1 heterocycles. The second kappa shape index (κ2) is 4.40. The summed E-state index contributed by atoms with van der Waals surface area (Å²) in [6, 6.07) is 1.45. The van der Waals surface area contributed by atoms with E-state index in [1.807, 2.05) is 14.1 Å². The zero-order chi connectivity index (χ0) is 12.5. The van der Waals surface area contributed by atoms with Crippen molar-refractivity contribution in [2.24, 2.45) is 0 Å². The molecule has 1 saturated carbocycles. The lowest BCUT2D eigenvalue weighted by molar-refractivity contribution is 0.0656. The highest BCUT2D eigenvalue weighted by molar-refractivity contribution is 7.89. The lowest BCUT2D eigenvalue weighted by Gasteiger charge is -2.47. The number of nitrogens with one attached hydrogen (secondary N) is 2. The fraction of sp³-hybridized carbons (Fsp3) is 0.700. The molecule has 2 N–H and O–H groups in total. The molecule has 0 aliphatic heterocycles. The van der Waals surface area contributed by atoms with E-state index in [1.54, 1.807) is 0 Å². The molecule has 1 aromatic heterocycles. The van der Waals surface area contributed by atoms with Crippen LogP contribution < -0.4 is 4.72 Å². The first-order valence-electron chi connectivity index (χ1n) is 5.63. The number of likely N-dealkylation sites (N-methyl/N-ethyl adjacent to an activating group) is 1. The Kier molecular flexibility index (Phi) is 3.24. The molecule has 0 radical (unpaired) electrons. The van der Waals surface area contributed by atoms with Gasteiger partial charge in [0.15, 0.2) is 5.03 Å². The number of aromatic amines is 1. The third-order valence-corrected chi connectivity index (χ3v) is 4.92. The van der Waals surface area contributed by atoms with Crippen LogP contribution in [0.15, 0.2) is 17.3 Å². The SMILES string of the molecule is CN(C)C1(CNS(=O)(=O)c2ccn[nH]2)CCC1. The molecule has 7 heteroatoms. The van der Waals surface area contributed by atoms with E-state index < -0.39 is 10.0 Å². The van der Waals surface area contributed by atoms with Crippen molar-refractivity contribution in [3.63, 3.8) is 0 Å². The van der Waals surface area contributed by atoms with Crippen LogP contribution in [0.4, 0.5) is 0 Å². The maximum atomic E-state index is 11.9. The molecule has 2 rings (SSSR count). The van der Waals surface area contributed by atoms with Crippen LogP contribution >= 0.6 is 0 Å². The van der Waals surface area contributed by atoms with Gasteiger partial charge in [-0.2, -0.15) is 5.10 Å². The summed E-state index contributed by atoms with van der Waals surface area (Å²) in [5.41, 5.74) is -0.0207. The normalized spacial score (nSPS) is 19.2. The molecule has 1 fully saturated rings. The van der Waals surface area contributed by atoms with Gasteiger partial charge in [-0.15, -0.1) is 0 Å². The molecule has 0 spiro atoms. The molecular weight excluding hydrogens is 240 g/mol. The largest absolute Gasteiger partial charge is 0.302 e. The van der Waals surface area contributed by atoms with E-state index in [-0.39, 0.29) is 10.6 Å². The Bertz CT molecular complexity index is 463. The molecule has 96 valence electrons. The fourth-order valence-electron chi connectivity index (χ4n) is 2.07. The summed E-state index contributed by atoms with van der Waals surface area (Å²) in [6.45, 7) is 0.446. The minimum Gasteiger partial charge on any atom is -0.302 e. The first kappa shape index (κ1) is 12.5. The molecule has 1 aliphatic carbocycles. The van der Waals surface area contributed by atoms with Gasteiger partial charge in [-0.1, -0.05) is 0 Å². The Balaban J connectivity index is 2.03. The van der Waals surface area contributed by atoms with Crippen molar-refractivity contribution in [1.82, 2.24) is 19.8 Å². The topological polar surface area (TPSA) is 78.1 Å². The first-order chi connectivity index (χ1) is 7.96. The van der Waals surface area contributed by atoms with Gasteiger partial charge in [-0.25, -0.2) is 13.1 Å². The van der Waals surface area contributed by atoms with Gasteiger partial charge < -0.3 is 4.90 Å². The fourth-order valence-corrected chi connectivity index (χ4v) is 3.09. The van der Waals surface area contributed by atoms with Crippen molar-refractivity contribution in [2.75, 3.05) is 20.6 Å².